The highest BCUT2D eigenvalue weighted by atomic mass is 35.5. The Hall–Kier alpha value is -3.22. The molecule has 28 heavy (non-hydrogen) atoms. The van der Waals surface area contributed by atoms with Crippen molar-refractivity contribution in [1.82, 2.24) is 14.8 Å². The summed E-state index contributed by atoms with van der Waals surface area (Å²) < 4.78 is 2.74. The third-order valence-electron chi connectivity index (χ3n) is 3.99. The monoisotopic (exact) mass is 407 g/mol. The quantitative estimate of drug-likeness (QED) is 0.529. The molecule has 0 aliphatic heterocycles. The molecule has 0 fully saturated rings. The standard InChI is InChI=1S/C21H14ClN3O2S/c22-16-8-6-15(7-9-16)18(26)11-20-24-21(27)19(28-20)10-14-12-23-25(13-14)17-4-2-1-3-5-17/h1-13H,(H,24,27)/b19-10+,20-11+. The Morgan fingerprint density at radius 2 is 1.86 bits per heavy atom. The van der Waals surface area contributed by atoms with Crippen molar-refractivity contribution in [3.05, 3.63) is 103 Å². The van der Waals surface area contributed by atoms with E-state index in [0.717, 1.165) is 11.3 Å². The van der Waals surface area contributed by atoms with E-state index in [2.05, 4.69) is 10.1 Å². The Labute approximate surface area is 168 Å². The lowest BCUT2D eigenvalue weighted by Crippen LogP contribution is -2.19. The van der Waals surface area contributed by atoms with E-state index in [1.54, 1.807) is 41.2 Å². The van der Waals surface area contributed by atoms with Crippen LogP contribution < -0.4 is 14.8 Å². The fraction of sp³-hybridized carbons (Fsp3) is 0. The molecule has 4 aromatic rings. The molecule has 0 spiro atoms. The maximum atomic E-state index is 12.3. The SMILES string of the molecule is O=C(/C=c1\[nH]c(=O)/c(=C\c2cnn(-c3ccccc3)c2)s1)c1ccc(Cl)cc1. The number of para-hydroxylation sites is 1. The summed E-state index contributed by atoms with van der Waals surface area (Å²) in [5.41, 5.74) is 2.00. The van der Waals surface area contributed by atoms with Crippen LogP contribution in [0.25, 0.3) is 17.8 Å². The van der Waals surface area contributed by atoms with Gasteiger partial charge < -0.3 is 4.98 Å². The summed E-state index contributed by atoms with van der Waals surface area (Å²) in [6.07, 6.45) is 6.70. The predicted molar refractivity (Wildman–Crippen MR) is 112 cm³/mol. The molecular weight excluding hydrogens is 394 g/mol. The van der Waals surface area contributed by atoms with E-state index in [0.29, 0.717) is 19.8 Å². The second kappa shape index (κ2) is 7.80. The van der Waals surface area contributed by atoms with Gasteiger partial charge in [0.05, 0.1) is 21.1 Å². The van der Waals surface area contributed by atoms with E-state index in [1.165, 1.54) is 17.4 Å². The van der Waals surface area contributed by atoms with E-state index >= 15 is 0 Å². The Morgan fingerprint density at radius 1 is 1.11 bits per heavy atom. The topological polar surface area (TPSA) is 67.8 Å². The molecule has 0 atom stereocenters. The van der Waals surface area contributed by atoms with Gasteiger partial charge in [-0.1, -0.05) is 29.8 Å². The van der Waals surface area contributed by atoms with Crippen LogP contribution >= 0.6 is 22.9 Å². The highest BCUT2D eigenvalue weighted by Gasteiger charge is 2.04. The van der Waals surface area contributed by atoms with Crippen LogP contribution in [0.4, 0.5) is 0 Å². The van der Waals surface area contributed by atoms with Crippen LogP contribution in [-0.4, -0.2) is 20.5 Å². The average molecular weight is 408 g/mol. The molecule has 138 valence electrons. The van der Waals surface area contributed by atoms with E-state index < -0.39 is 0 Å². The number of carbonyl (C=O) groups is 1. The number of aromatic amines is 1. The van der Waals surface area contributed by atoms with Crippen LogP contribution in [0.15, 0.2) is 71.8 Å². The van der Waals surface area contributed by atoms with Crippen LogP contribution in [0.1, 0.15) is 15.9 Å². The van der Waals surface area contributed by atoms with Gasteiger partial charge in [0.15, 0.2) is 5.78 Å². The molecule has 2 aromatic heterocycles. The van der Waals surface area contributed by atoms with E-state index in [9.17, 15) is 9.59 Å². The number of rotatable bonds is 4. The molecule has 0 radical (unpaired) electrons. The van der Waals surface area contributed by atoms with Gasteiger partial charge in [0.2, 0.25) is 0 Å². The maximum absolute atomic E-state index is 12.3. The minimum atomic E-state index is -0.243. The number of hydrogen-bond acceptors (Lipinski definition) is 4. The first-order valence-electron chi connectivity index (χ1n) is 8.41. The van der Waals surface area contributed by atoms with Gasteiger partial charge in [-0.25, -0.2) is 4.68 Å². The van der Waals surface area contributed by atoms with Gasteiger partial charge in [-0.2, -0.15) is 5.10 Å². The smallest absolute Gasteiger partial charge is 0.266 e. The molecule has 4 rings (SSSR count). The Morgan fingerprint density at radius 3 is 2.61 bits per heavy atom. The third kappa shape index (κ3) is 4.03. The van der Waals surface area contributed by atoms with Gasteiger partial charge in [0.1, 0.15) is 0 Å². The summed E-state index contributed by atoms with van der Waals surface area (Å²) in [6.45, 7) is 0. The summed E-state index contributed by atoms with van der Waals surface area (Å²) in [6, 6.07) is 16.3. The van der Waals surface area contributed by atoms with Crippen molar-refractivity contribution in [2.45, 2.75) is 0 Å². The maximum Gasteiger partial charge on any atom is 0.266 e. The number of aromatic nitrogens is 3. The van der Waals surface area contributed by atoms with Crippen LogP contribution in [0.2, 0.25) is 5.02 Å². The molecule has 7 heteroatoms. The summed E-state index contributed by atoms with van der Waals surface area (Å²) in [5.74, 6) is -0.197. The summed E-state index contributed by atoms with van der Waals surface area (Å²) in [4.78, 5) is 27.3. The number of nitrogens with one attached hydrogen (secondary N) is 1. The minimum Gasteiger partial charge on any atom is -0.313 e. The van der Waals surface area contributed by atoms with Gasteiger partial charge in [0, 0.05) is 28.4 Å². The first-order valence-corrected chi connectivity index (χ1v) is 9.60. The van der Waals surface area contributed by atoms with E-state index in [-0.39, 0.29) is 11.3 Å². The van der Waals surface area contributed by atoms with Crippen LogP contribution in [0.5, 0.6) is 0 Å². The molecule has 0 aliphatic rings. The lowest BCUT2D eigenvalue weighted by molar-refractivity contribution is 0.106. The first-order chi connectivity index (χ1) is 13.6. The normalized spacial score (nSPS) is 12.5. The van der Waals surface area contributed by atoms with Crippen molar-refractivity contribution in [2.24, 2.45) is 0 Å². The molecule has 2 heterocycles. The number of ketones is 1. The number of H-pyrrole nitrogens is 1. The first kappa shape index (κ1) is 18.2. The van der Waals surface area contributed by atoms with Crippen LogP contribution in [-0.2, 0) is 0 Å². The van der Waals surface area contributed by atoms with E-state index in [1.807, 2.05) is 36.5 Å². The molecule has 5 nitrogen and oxygen atoms in total. The fourth-order valence-electron chi connectivity index (χ4n) is 2.63. The lowest BCUT2D eigenvalue weighted by atomic mass is 10.1. The van der Waals surface area contributed by atoms with Crippen molar-refractivity contribution in [3.63, 3.8) is 0 Å². The number of thiazole rings is 1. The number of hydrogen-bond donors (Lipinski definition) is 1. The highest BCUT2D eigenvalue weighted by Crippen LogP contribution is 2.10. The summed E-state index contributed by atoms with van der Waals surface area (Å²) in [7, 11) is 0. The molecule has 0 saturated heterocycles. The number of Topliss-reactive ketones (excluding diaryl/α,β-unsaturated/α-hetero) is 1. The fourth-order valence-corrected chi connectivity index (χ4v) is 3.64. The number of nitrogens with zero attached hydrogens (tertiary/aromatic N) is 2. The second-order valence-electron chi connectivity index (χ2n) is 6.00. The van der Waals surface area contributed by atoms with Crippen molar-refractivity contribution in [1.29, 1.82) is 0 Å². The van der Waals surface area contributed by atoms with Crippen molar-refractivity contribution in [3.8, 4) is 5.69 Å². The molecule has 2 aromatic carbocycles. The highest BCUT2D eigenvalue weighted by molar-refractivity contribution is 7.07. The largest absolute Gasteiger partial charge is 0.313 e. The van der Waals surface area contributed by atoms with E-state index in [4.69, 9.17) is 11.6 Å². The molecule has 0 unspecified atom stereocenters. The van der Waals surface area contributed by atoms with Crippen molar-refractivity contribution >= 4 is 40.9 Å². The molecule has 0 amide bonds. The van der Waals surface area contributed by atoms with Gasteiger partial charge in [-0.05, 0) is 42.5 Å². The summed E-state index contributed by atoms with van der Waals surface area (Å²) in [5, 5.41) is 4.88. The zero-order valence-electron chi connectivity index (χ0n) is 14.5. The molecule has 1 N–H and O–H groups in total. The number of benzene rings is 2. The van der Waals surface area contributed by atoms with Gasteiger partial charge >= 0.3 is 0 Å². The Kier molecular flexibility index (Phi) is 5.06. The lowest BCUT2D eigenvalue weighted by Gasteiger charge is -1.98. The van der Waals surface area contributed by atoms with Crippen LogP contribution in [0, 0.1) is 0 Å². The van der Waals surface area contributed by atoms with Gasteiger partial charge in [0.25, 0.3) is 5.56 Å². The zero-order chi connectivity index (χ0) is 19.5. The average Bonchev–Trinajstić information content (AvgIpc) is 3.30. The second-order valence-corrected chi connectivity index (χ2v) is 7.52. The van der Waals surface area contributed by atoms with Crippen LogP contribution in [0.3, 0.4) is 0 Å². The number of carbonyl (C=O) groups excluding carboxylic acids is 1. The van der Waals surface area contributed by atoms with Crippen molar-refractivity contribution < 1.29 is 4.79 Å². The van der Waals surface area contributed by atoms with Gasteiger partial charge in [-0.3, -0.25) is 9.59 Å². The molecule has 0 bridgehead atoms. The minimum absolute atomic E-state index is 0.197. The van der Waals surface area contributed by atoms with Crippen molar-refractivity contribution in [2.75, 3.05) is 0 Å². The predicted octanol–water partition coefficient (Wildman–Crippen LogP) is 2.77. The third-order valence-corrected chi connectivity index (χ3v) is 5.21. The Balaban J connectivity index is 1.64. The Bertz CT molecular complexity index is 1300. The molecule has 0 saturated carbocycles. The zero-order valence-corrected chi connectivity index (χ0v) is 16.1. The molecule has 0 aliphatic carbocycles. The molecular formula is C21H14ClN3O2S. The summed E-state index contributed by atoms with van der Waals surface area (Å²) >= 11 is 7.06. The van der Waals surface area contributed by atoms with Gasteiger partial charge in [-0.15, -0.1) is 11.3 Å². The number of halogens is 1.